The van der Waals surface area contributed by atoms with E-state index in [4.69, 9.17) is 14.9 Å². The van der Waals surface area contributed by atoms with Gasteiger partial charge in [-0.25, -0.2) is 4.39 Å². The highest BCUT2D eigenvalue weighted by Gasteiger charge is 2.24. The molecule has 0 aliphatic carbocycles. The minimum Gasteiger partial charge on any atom is -0.394 e. The van der Waals surface area contributed by atoms with Gasteiger partial charge in [0.05, 0.1) is 6.61 Å². The molecule has 0 amide bonds. The Morgan fingerprint density at radius 3 is 2.36 bits per heavy atom. The van der Waals surface area contributed by atoms with E-state index in [9.17, 15) is 4.39 Å². The quantitative estimate of drug-likeness (QED) is 0.609. The number of halogens is 1. The SMILES string of the molecule is CCO[C@H](C(C)F)C(O)CO. The Bertz CT molecular complexity index is 97.7. The molecule has 0 bridgehead atoms. The second-order valence-electron chi connectivity index (χ2n) is 2.35. The predicted molar refractivity (Wildman–Crippen MR) is 39.1 cm³/mol. The minimum absolute atomic E-state index is 0.329. The van der Waals surface area contributed by atoms with Crippen LogP contribution in [0, 0.1) is 0 Å². The first-order valence-electron chi connectivity index (χ1n) is 3.68. The lowest BCUT2D eigenvalue weighted by Gasteiger charge is -2.22. The lowest BCUT2D eigenvalue weighted by molar-refractivity contribution is -0.0844. The van der Waals surface area contributed by atoms with Crippen LogP contribution in [0.5, 0.6) is 0 Å². The Morgan fingerprint density at radius 2 is 2.09 bits per heavy atom. The van der Waals surface area contributed by atoms with E-state index in [0.29, 0.717) is 6.61 Å². The van der Waals surface area contributed by atoms with Gasteiger partial charge in [-0.3, -0.25) is 0 Å². The minimum atomic E-state index is -1.27. The van der Waals surface area contributed by atoms with Crippen molar-refractivity contribution in [1.29, 1.82) is 0 Å². The van der Waals surface area contributed by atoms with Crippen LogP contribution in [0.1, 0.15) is 13.8 Å². The largest absolute Gasteiger partial charge is 0.394 e. The number of hydrogen-bond acceptors (Lipinski definition) is 3. The maximum absolute atomic E-state index is 12.6. The van der Waals surface area contributed by atoms with E-state index in [1.165, 1.54) is 6.92 Å². The molecule has 0 aromatic carbocycles. The van der Waals surface area contributed by atoms with Crippen LogP contribution in [0.25, 0.3) is 0 Å². The van der Waals surface area contributed by atoms with Crippen molar-refractivity contribution in [1.82, 2.24) is 0 Å². The van der Waals surface area contributed by atoms with E-state index in [1.54, 1.807) is 6.92 Å². The van der Waals surface area contributed by atoms with Gasteiger partial charge in [-0.05, 0) is 13.8 Å². The summed E-state index contributed by atoms with van der Waals surface area (Å²) in [7, 11) is 0. The zero-order valence-corrected chi connectivity index (χ0v) is 6.83. The van der Waals surface area contributed by atoms with Crippen LogP contribution in [0.3, 0.4) is 0 Å². The molecule has 0 heterocycles. The normalized spacial score (nSPS) is 19.4. The maximum atomic E-state index is 12.6. The Kier molecular flexibility index (Phi) is 5.36. The maximum Gasteiger partial charge on any atom is 0.126 e. The zero-order valence-electron chi connectivity index (χ0n) is 6.83. The van der Waals surface area contributed by atoms with Crippen LogP contribution in [-0.4, -0.2) is 41.8 Å². The van der Waals surface area contributed by atoms with Gasteiger partial charge in [-0.1, -0.05) is 0 Å². The van der Waals surface area contributed by atoms with Gasteiger partial charge < -0.3 is 14.9 Å². The molecule has 0 rings (SSSR count). The molecule has 0 aliphatic rings. The summed E-state index contributed by atoms with van der Waals surface area (Å²) in [6.07, 6.45) is -3.31. The van der Waals surface area contributed by atoms with Crippen LogP contribution >= 0.6 is 0 Å². The molecule has 11 heavy (non-hydrogen) atoms. The van der Waals surface area contributed by atoms with E-state index >= 15 is 0 Å². The molecule has 0 saturated carbocycles. The molecule has 0 fully saturated rings. The van der Waals surface area contributed by atoms with Crippen molar-refractivity contribution in [3.8, 4) is 0 Å². The molecule has 2 unspecified atom stereocenters. The fraction of sp³-hybridized carbons (Fsp3) is 1.00. The van der Waals surface area contributed by atoms with Gasteiger partial charge in [0.1, 0.15) is 18.4 Å². The summed E-state index contributed by atoms with van der Waals surface area (Å²) in [5, 5.41) is 17.5. The van der Waals surface area contributed by atoms with Crippen molar-refractivity contribution in [3.63, 3.8) is 0 Å². The van der Waals surface area contributed by atoms with E-state index < -0.39 is 25.0 Å². The zero-order chi connectivity index (χ0) is 8.85. The Labute approximate surface area is 65.8 Å². The number of rotatable bonds is 5. The standard InChI is InChI=1S/C7H15FO3/c1-3-11-7(5(2)8)6(10)4-9/h5-7,9-10H,3-4H2,1-2H3/t5?,6?,7-/m1/s1. The van der Waals surface area contributed by atoms with Crippen LogP contribution in [0.2, 0.25) is 0 Å². The first-order valence-corrected chi connectivity index (χ1v) is 3.68. The third kappa shape index (κ3) is 3.65. The van der Waals surface area contributed by atoms with Crippen molar-refractivity contribution in [2.75, 3.05) is 13.2 Å². The van der Waals surface area contributed by atoms with Gasteiger partial charge in [0, 0.05) is 6.61 Å². The third-order valence-electron chi connectivity index (χ3n) is 1.38. The summed E-state index contributed by atoms with van der Waals surface area (Å²) in [5.74, 6) is 0. The highest BCUT2D eigenvalue weighted by atomic mass is 19.1. The van der Waals surface area contributed by atoms with Gasteiger partial charge >= 0.3 is 0 Å². The molecule has 0 radical (unpaired) electrons. The summed E-state index contributed by atoms with van der Waals surface area (Å²) in [5.41, 5.74) is 0. The van der Waals surface area contributed by atoms with Gasteiger partial charge in [0.2, 0.25) is 0 Å². The highest BCUT2D eigenvalue weighted by molar-refractivity contribution is 4.73. The number of alkyl halides is 1. The van der Waals surface area contributed by atoms with Gasteiger partial charge in [0.15, 0.2) is 0 Å². The fourth-order valence-corrected chi connectivity index (χ4v) is 0.846. The Balaban J connectivity index is 3.87. The van der Waals surface area contributed by atoms with E-state index in [0.717, 1.165) is 0 Å². The second kappa shape index (κ2) is 5.46. The molecule has 68 valence electrons. The lowest BCUT2D eigenvalue weighted by Crippen LogP contribution is -2.38. The topological polar surface area (TPSA) is 49.7 Å². The fourth-order valence-electron chi connectivity index (χ4n) is 0.846. The number of aliphatic hydroxyl groups excluding tert-OH is 2. The molecular formula is C7H15FO3. The first-order chi connectivity index (χ1) is 5.13. The van der Waals surface area contributed by atoms with Crippen LogP contribution in [0.4, 0.5) is 4.39 Å². The molecule has 3 nitrogen and oxygen atoms in total. The average molecular weight is 166 g/mol. The molecule has 4 heteroatoms. The highest BCUT2D eigenvalue weighted by Crippen LogP contribution is 2.07. The molecule has 2 N–H and O–H groups in total. The summed E-state index contributed by atoms with van der Waals surface area (Å²) in [6, 6.07) is 0. The molecule has 0 aromatic heterocycles. The summed E-state index contributed by atoms with van der Waals surface area (Å²) < 4.78 is 17.5. The van der Waals surface area contributed by atoms with Crippen molar-refractivity contribution >= 4 is 0 Å². The Hall–Kier alpha value is -0.190. The number of aliphatic hydroxyl groups is 2. The molecule has 0 spiro atoms. The third-order valence-corrected chi connectivity index (χ3v) is 1.38. The first kappa shape index (κ1) is 10.8. The lowest BCUT2D eigenvalue weighted by atomic mass is 10.1. The second-order valence-corrected chi connectivity index (χ2v) is 2.35. The molecule has 3 atom stereocenters. The summed E-state index contributed by atoms with van der Waals surface area (Å²) in [6.45, 7) is 2.85. The molecular weight excluding hydrogens is 151 g/mol. The number of ether oxygens (including phenoxy) is 1. The molecule has 0 aliphatic heterocycles. The van der Waals surface area contributed by atoms with Crippen molar-refractivity contribution < 1.29 is 19.3 Å². The van der Waals surface area contributed by atoms with Crippen molar-refractivity contribution in [2.24, 2.45) is 0 Å². The molecule has 0 aromatic rings. The van der Waals surface area contributed by atoms with Crippen LogP contribution in [0.15, 0.2) is 0 Å². The molecule has 0 saturated heterocycles. The monoisotopic (exact) mass is 166 g/mol. The Morgan fingerprint density at radius 1 is 1.55 bits per heavy atom. The van der Waals surface area contributed by atoms with Gasteiger partial charge in [-0.15, -0.1) is 0 Å². The summed E-state index contributed by atoms with van der Waals surface area (Å²) in [4.78, 5) is 0. The van der Waals surface area contributed by atoms with E-state index in [2.05, 4.69) is 0 Å². The van der Waals surface area contributed by atoms with Crippen molar-refractivity contribution in [2.45, 2.75) is 32.2 Å². The van der Waals surface area contributed by atoms with Gasteiger partial charge in [0.25, 0.3) is 0 Å². The average Bonchev–Trinajstić information content (AvgIpc) is 1.98. The van der Waals surface area contributed by atoms with E-state index in [1.807, 2.05) is 0 Å². The number of hydrogen-bond donors (Lipinski definition) is 2. The van der Waals surface area contributed by atoms with Crippen molar-refractivity contribution in [3.05, 3.63) is 0 Å². The van der Waals surface area contributed by atoms with Gasteiger partial charge in [-0.2, -0.15) is 0 Å². The smallest absolute Gasteiger partial charge is 0.126 e. The van der Waals surface area contributed by atoms with Crippen LogP contribution < -0.4 is 0 Å². The predicted octanol–water partition coefficient (Wildman–Crippen LogP) is 0.103. The summed E-state index contributed by atoms with van der Waals surface area (Å²) >= 11 is 0. The van der Waals surface area contributed by atoms with E-state index in [-0.39, 0.29) is 0 Å². The van der Waals surface area contributed by atoms with Crippen LogP contribution in [-0.2, 0) is 4.74 Å².